The summed E-state index contributed by atoms with van der Waals surface area (Å²) in [7, 11) is 0. The zero-order valence-electron chi connectivity index (χ0n) is 15.4. The molecule has 1 N–H and O–H groups in total. The van der Waals surface area contributed by atoms with Gasteiger partial charge >= 0.3 is 5.97 Å². The number of ether oxygens (including phenoxy) is 1. The van der Waals surface area contributed by atoms with E-state index in [-0.39, 0.29) is 12.5 Å². The second kappa shape index (κ2) is 8.17. The zero-order valence-corrected chi connectivity index (χ0v) is 15.4. The normalized spacial score (nSPS) is 12.5. The molecule has 0 heterocycles. The summed E-state index contributed by atoms with van der Waals surface area (Å²) in [6.45, 7) is 3.83. The van der Waals surface area contributed by atoms with Gasteiger partial charge in [-0.2, -0.15) is 0 Å². The molecular weight excluding hydrogens is 326 g/mol. The summed E-state index contributed by atoms with van der Waals surface area (Å²) in [5.74, 6) is -0.760. The number of esters is 1. The number of benzene rings is 2. The second-order valence-electron chi connectivity index (χ2n) is 6.62. The lowest BCUT2D eigenvalue weighted by molar-refractivity contribution is -0.119. The van der Waals surface area contributed by atoms with E-state index in [0.29, 0.717) is 5.56 Å². The van der Waals surface area contributed by atoms with Gasteiger partial charge in [0, 0.05) is 5.69 Å². The molecular formula is C22H25NO3. The average molecular weight is 351 g/mol. The third-order valence-corrected chi connectivity index (χ3v) is 4.93. The molecule has 26 heavy (non-hydrogen) atoms. The molecule has 0 saturated carbocycles. The van der Waals surface area contributed by atoms with Crippen LogP contribution >= 0.6 is 0 Å². The number of aryl methyl sites for hydroxylation is 4. The SMILES string of the molecule is CCc1cccc(CC)c1NC(=O)COC(=O)c1ccc2c(c1)CCC2. The predicted octanol–water partition coefficient (Wildman–Crippen LogP) is 4.10. The number of hydrogen-bond acceptors (Lipinski definition) is 3. The molecule has 0 radical (unpaired) electrons. The maximum absolute atomic E-state index is 12.3. The van der Waals surface area contributed by atoms with Crippen LogP contribution in [0.5, 0.6) is 0 Å². The molecule has 1 aliphatic carbocycles. The Labute approximate surface area is 154 Å². The van der Waals surface area contributed by atoms with Gasteiger partial charge in [-0.15, -0.1) is 0 Å². The maximum Gasteiger partial charge on any atom is 0.338 e. The number of fused-ring (bicyclic) bond motifs is 1. The van der Waals surface area contributed by atoms with Crippen molar-refractivity contribution in [1.82, 2.24) is 0 Å². The molecule has 3 rings (SSSR count). The lowest BCUT2D eigenvalue weighted by Crippen LogP contribution is -2.22. The third-order valence-electron chi connectivity index (χ3n) is 4.93. The molecule has 2 aromatic rings. The van der Waals surface area contributed by atoms with E-state index in [1.54, 1.807) is 6.07 Å². The van der Waals surface area contributed by atoms with Crippen molar-refractivity contribution >= 4 is 17.6 Å². The quantitative estimate of drug-likeness (QED) is 0.797. The lowest BCUT2D eigenvalue weighted by Gasteiger charge is -2.14. The lowest BCUT2D eigenvalue weighted by atomic mass is 10.0. The Balaban J connectivity index is 1.62. The standard InChI is InChI=1S/C22H25NO3/c1-3-15-7-5-8-16(4-2)21(15)23-20(24)14-26-22(25)19-12-11-17-9-6-10-18(17)13-19/h5,7-8,11-13H,3-4,6,9-10,14H2,1-2H3,(H,23,24). The fourth-order valence-electron chi connectivity index (χ4n) is 3.49. The summed E-state index contributed by atoms with van der Waals surface area (Å²) in [6.07, 6.45) is 4.87. The first-order valence-electron chi connectivity index (χ1n) is 9.32. The molecule has 2 aromatic carbocycles. The molecule has 0 spiro atoms. The van der Waals surface area contributed by atoms with Crippen LogP contribution in [0.3, 0.4) is 0 Å². The van der Waals surface area contributed by atoms with Crippen LogP contribution in [-0.4, -0.2) is 18.5 Å². The fourth-order valence-corrected chi connectivity index (χ4v) is 3.49. The minimum atomic E-state index is -0.450. The maximum atomic E-state index is 12.3. The van der Waals surface area contributed by atoms with Crippen LogP contribution in [0.25, 0.3) is 0 Å². The highest BCUT2D eigenvalue weighted by atomic mass is 16.5. The Morgan fingerprint density at radius 1 is 1.00 bits per heavy atom. The number of carbonyl (C=O) groups excluding carboxylic acids is 2. The minimum absolute atomic E-state index is 0.281. The summed E-state index contributed by atoms with van der Waals surface area (Å²) in [6, 6.07) is 11.7. The van der Waals surface area contributed by atoms with Crippen LogP contribution in [0, 0.1) is 0 Å². The minimum Gasteiger partial charge on any atom is -0.452 e. The summed E-state index contributed by atoms with van der Waals surface area (Å²) < 4.78 is 5.22. The van der Waals surface area contributed by atoms with Gasteiger partial charge in [0.1, 0.15) is 0 Å². The molecule has 1 amide bonds. The van der Waals surface area contributed by atoms with Gasteiger partial charge in [-0.3, -0.25) is 4.79 Å². The van der Waals surface area contributed by atoms with Gasteiger partial charge in [-0.05, 0) is 66.5 Å². The third kappa shape index (κ3) is 3.96. The van der Waals surface area contributed by atoms with Gasteiger partial charge in [0.15, 0.2) is 6.61 Å². The second-order valence-corrected chi connectivity index (χ2v) is 6.62. The average Bonchev–Trinajstić information content (AvgIpc) is 3.14. The molecule has 4 nitrogen and oxygen atoms in total. The number of para-hydroxylation sites is 1. The van der Waals surface area contributed by atoms with Crippen molar-refractivity contribution in [2.75, 3.05) is 11.9 Å². The highest BCUT2D eigenvalue weighted by Gasteiger charge is 2.16. The molecule has 0 atom stereocenters. The molecule has 136 valence electrons. The van der Waals surface area contributed by atoms with Crippen molar-refractivity contribution in [3.8, 4) is 0 Å². The van der Waals surface area contributed by atoms with Gasteiger partial charge in [0.05, 0.1) is 5.56 Å². The summed E-state index contributed by atoms with van der Waals surface area (Å²) in [5.41, 5.74) is 6.05. The Kier molecular flexibility index (Phi) is 5.71. The van der Waals surface area contributed by atoms with Crippen LogP contribution < -0.4 is 5.32 Å². The predicted molar refractivity (Wildman–Crippen MR) is 103 cm³/mol. The number of carbonyl (C=O) groups is 2. The van der Waals surface area contributed by atoms with Gasteiger partial charge < -0.3 is 10.1 Å². The van der Waals surface area contributed by atoms with E-state index >= 15 is 0 Å². The van der Waals surface area contributed by atoms with Crippen molar-refractivity contribution in [3.63, 3.8) is 0 Å². The molecule has 4 heteroatoms. The van der Waals surface area contributed by atoms with Crippen molar-refractivity contribution in [2.45, 2.75) is 46.0 Å². The Bertz CT molecular complexity index is 804. The molecule has 0 bridgehead atoms. The molecule has 0 aliphatic heterocycles. The van der Waals surface area contributed by atoms with E-state index in [0.717, 1.165) is 48.9 Å². The molecule has 0 unspecified atom stereocenters. The van der Waals surface area contributed by atoms with E-state index in [2.05, 4.69) is 19.2 Å². The number of hydrogen-bond donors (Lipinski definition) is 1. The first kappa shape index (κ1) is 18.2. The van der Waals surface area contributed by atoms with E-state index < -0.39 is 5.97 Å². The van der Waals surface area contributed by atoms with Crippen molar-refractivity contribution in [1.29, 1.82) is 0 Å². The fraction of sp³-hybridized carbons (Fsp3) is 0.364. The smallest absolute Gasteiger partial charge is 0.338 e. The van der Waals surface area contributed by atoms with Crippen molar-refractivity contribution in [2.24, 2.45) is 0 Å². The molecule has 1 aliphatic rings. The largest absolute Gasteiger partial charge is 0.452 e. The van der Waals surface area contributed by atoms with E-state index in [9.17, 15) is 9.59 Å². The van der Waals surface area contributed by atoms with Crippen LogP contribution in [0.15, 0.2) is 36.4 Å². The monoisotopic (exact) mass is 351 g/mol. The highest BCUT2D eigenvalue weighted by Crippen LogP contribution is 2.24. The van der Waals surface area contributed by atoms with E-state index in [1.165, 1.54) is 11.1 Å². The first-order chi connectivity index (χ1) is 12.6. The number of amides is 1. The highest BCUT2D eigenvalue weighted by molar-refractivity contribution is 5.96. The Hall–Kier alpha value is -2.62. The summed E-state index contributed by atoms with van der Waals surface area (Å²) in [4.78, 5) is 24.5. The molecule has 0 saturated heterocycles. The first-order valence-corrected chi connectivity index (χ1v) is 9.32. The van der Waals surface area contributed by atoms with Crippen LogP contribution in [0.2, 0.25) is 0 Å². The number of anilines is 1. The van der Waals surface area contributed by atoms with Gasteiger partial charge in [-0.1, -0.05) is 38.1 Å². The number of rotatable bonds is 6. The summed E-state index contributed by atoms with van der Waals surface area (Å²) in [5, 5.41) is 2.91. The van der Waals surface area contributed by atoms with Gasteiger partial charge in [-0.25, -0.2) is 4.79 Å². The Morgan fingerprint density at radius 2 is 1.69 bits per heavy atom. The summed E-state index contributed by atoms with van der Waals surface area (Å²) >= 11 is 0. The molecule has 0 aromatic heterocycles. The topological polar surface area (TPSA) is 55.4 Å². The van der Waals surface area contributed by atoms with E-state index in [4.69, 9.17) is 4.74 Å². The van der Waals surface area contributed by atoms with E-state index in [1.807, 2.05) is 30.3 Å². The number of nitrogens with one attached hydrogen (secondary N) is 1. The van der Waals surface area contributed by atoms with Crippen LogP contribution in [0.4, 0.5) is 5.69 Å². The van der Waals surface area contributed by atoms with Crippen LogP contribution in [0.1, 0.15) is 52.9 Å². The van der Waals surface area contributed by atoms with Gasteiger partial charge in [0.25, 0.3) is 5.91 Å². The zero-order chi connectivity index (χ0) is 18.5. The molecule has 0 fully saturated rings. The van der Waals surface area contributed by atoms with Crippen molar-refractivity contribution in [3.05, 3.63) is 64.2 Å². The Morgan fingerprint density at radius 3 is 2.38 bits per heavy atom. The van der Waals surface area contributed by atoms with Crippen LogP contribution in [-0.2, 0) is 35.2 Å². The van der Waals surface area contributed by atoms with Crippen molar-refractivity contribution < 1.29 is 14.3 Å². The van der Waals surface area contributed by atoms with Gasteiger partial charge in [0.2, 0.25) is 0 Å².